The standard InChI is InChI=1S/C22H25N5O3S/c1-14-9-10-15(2)17(11-14)24-21(29)13-31-22-26-25-19(27(22)3)12-20(28)23-16-7-5-6-8-18(16)30-4/h5-11H,12-13H2,1-4H3,(H,23,28)(H,24,29). The maximum Gasteiger partial charge on any atom is 0.234 e. The third-order valence-corrected chi connectivity index (χ3v) is 5.64. The summed E-state index contributed by atoms with van der Waals surface area (Å²) in [6.45, 7) is 3.93. The molecule has 3 aromatic rings. The monoisotopic (exact) mass is 439 g/mol. The van der Waals surface area contributed by atoms with Gasteiger partial charge in [-0.05, 0) is 43.2 Å². The summed E-state index contributed by atoms with van der Waals surface area (Å²) in [5.41, 5.74) is 3.48. The van der Waals surface area contributed by atoms with Crippen LogP contribution < -0.4 is 15.4 Å². The van der Waals surface area contributed by atoms with E-state index >= 15 is 0 Å². The molecule has 0 aliphatic heterocycles. The molecule has 0 saturated carbocycles. The van der Waals surface area contributed by atoms with Gasteiger partial charge in [-0.1, -0.05) is 36.0 Å². The van der Waals surface area contributed by atoms with Gasteiger partial charge in [-0.25, -0.2) is 0 Å². The Balaban J connectivity index is 1.56. The van der Waals surface area contributed by atoms with E-state index in [9.17, 15) is 9.59 Å². The number of hydrogen-bond acceptors (Lipinski definition) is 6. The van der Waals surface area contributed by atoms with Crippen LogP contribution in [0.1, 0.15) is 17.0 Å². The number of anilines is 2. The van der Waals surface area contributed by atoms with Gasteiger partial charge in [0, 0.05) is 12.7 Å². The van der Waals surface area contributed by atoms with E-state index < -0.39 is 0 Å². The first-order valence-electron chi connectivity index (χ1n) is 9.68. The molecule has 3 rings (SSSR count). The van der Waals surface area contributed by atoms with Crippen LogP contribution in [0.25, 0.3) is 0 Å². The largest absolute Gasteiger partial charge is 0.495 e. The molecule has 31 heavy (non-hydrogen) atoms. The Labute approximate surface area is 185 Å². The molecular weight excluding hydrogens is 414 g/mol. The SMILES string of the molecule is COc1ccccc1NC(=O)Cc1nnc(SCC(=O)Nc2cc(C)ccc2C)n1C. The van der Waals surface area contributed by atoms with Crippen molar-refractivity contribution in [1.82, 2.24) is 14.8 Å². The Bertz CT molecular complexity index is 1100. The van der Waals surface area contributed by atoms with Gasteiger partial charge in [0.1, 0.15) is 11.6 Å². The number of nitrogens with one attached hydrogen (secondary N) is 2. The van der Waals surface area contributed by atoms with Crippen molar-refractivity contribution in [2.75, 3.05) is 23.5 Å². The number of amides is 2. The normalized spacial score (nSPS) is 10.6. The van der Waals surface area contributed by atoms with E-state index in [1.54, 1.807) is 30.9 Å². The van der Waals surface area contributed by atoms with Crippen molar-refractivity contribution in [3.63, 3.8) is 0 Å². The first-order valence-corrected chi connectivity index (χ1v) is 10.7. The average Bonchev–Trinajstić information content (AvgIpc) is 3.09. The summed E-state index contributed by atoms with van der Waals surface area (Å²) in [7, 11) is 3.32. The summed E-state index contributed by atoms with van der Waals surface area (Å²) in [5, 5.41) is 14.5. The molecule has 0 unspecified atom stereocenters. The van der Waals surface area contributed by atoms with Gasteiger partial charge >= 0.3 is 0 Å². The van der Waals surface area contributed by atoms with E-state index in [-0.39, 0.29) is 24.0 Å². The van der Waals surface area contributed by atoms with Gasteiger partial charge in [0.2, 0.25) is 11.8 Å². The van der Waals surface area contributed by atoms with Crippen LogP contribution in [0.5, 0.6) is 5.75 Å². The quantitative estimate of drug-likeness (QED) is 0.523. The lowest BCUT2D eigenvalue weighted by Crippen LogP contribution is -2.17. The molecule has 162 valence electrons. The van der Waals surface area contributed by atoms with Crippen molar-refractivity contribution in [2.45, 2.75) is 25.4 Å². The fraction of sp³-hybridized carbons (Fsp3) is 0.273. The molecule has 0 saturated heterocycles. The van der Waals surface area contributed by atoms with E-state index in [0.29, 0.717) is 22.4 Å². The van der Waals surface area contributed by atoms with Crippen LogP contribution in [-0.4, -0.2) is 39.4 Å². The topological polar surface area (TPSA) is 98.1 Å². The Morgan fingerprint density at radius 2 is 1.77 bits per heavy atom. The third-order valence-electron chi connectivity index (χ3n) is 4.62. The number of nitrogens with zero attached hydrogens (tertiary/aromatic N) is 3. The van der Waals surface area contributed by atoms with E-state index in [2.05, 4.69) is 20.8 Å². The highest BCUT2D eigenvalue weighted by Gasteiger charge is 2.16. The Morgan fingerprint density at radius 3 is 2.55 bits per heavy atom. The summed E-state index contributed by atoms with van der Waals surface area (Å²) in [5.74, 6) is 0.915. The van der Waals surface area contributed by atoms with Crippen LogP contribution in [0, 0.1) is 13.8 Å². The summed E-state index contributed by atoms with van der Waals surface area (Å²) in [6, 6.07) is 13.1. The molecule has 0 aliphatic rings. The van der Waals surface area contributed by atoms with E-state index in [1.807, 2.05) is 44.2 Å². The third kappa shape index (κ3) is 5.85. The van der Waals surface area contributed by atoms with Gasteiger partial charge in [0.25, 0.3) is 0 Å². The molecule has 9 heteroatoms. The number of rotatable bonds is 8. The molecule has 0 atom stereocenters. The summed E-state index contributed by atoms with van der Waals surface area (Å²) in [6.07, 6.45) is 0.0524. The van der Waals surface area contributed by atoms with Crippen molar-refractivity contribution < 1.29 is 14.3 Å². The molecule has 2 amide bonds. The van der Waals surface area contributed by atoms with E-state index in [1.165, 1.54) is 11.8 Å². The van der Waals surface area contributed by atoms with Crippen molar-refractivity contribution >= 4 is 35.0 Å². The van der Waals surface area contributed by atoms with Gasteiger partial charge in [-0.15, -0.1) is 10.2 Å². The van der Waals surface area contributed by atoms with Crippen LogP contribution in [0.15, 0.2) is 47.6 Å². The fourth-order valence-corrected chi connectivity index (χ4v) is 3.63. The smallest absolute Gasteiger partial charge is 0.234 e. The Morgan fingerprint density at radius 1 is 1.03 bits per heavy atom. The number of para-hydroxylation sites is 2. The molecule has 2 N–H and O–H groups in total. The highest BCUT2D eigenvalue weighted by atomic mass is 32.2. The second kappa shape index (κ2) is 10.1. The predicted octanol–water partition coefficient (Wildman–Crippen LogP) is 3.35. The molecule has 0 fully saturated rings. The lowest BCUT2D eigenvalue weighted by Gasteiger charge is -2.10. The second-order valence-corrected chi connectivity index (χ2v) is 7.98. The van der Waals surface area contributed by atoms with Crippen LogP contribution in [0.2, 0.25) is 0 Å². The average molecular weight is 440 g/mol. The lowest BCUT2D eigenvalue weighted by atomic mass is 10.1. The number of aryl methyl sites for hydroxylation is 2. The Kier molecular flexibility index (Phi) is 7.30. The lowest BCUT2D eigenvalue weighted by molar-refractivity contribution is -0.116. The van der Waals surface area contributed by atoms with E-state index in [0.717, 1.165) is 16.8 Å². The Hall–Kier alpha value is -3.33. The number of hydrogen-bond donors (Lipinski definition) is 2. The number of aromatic nitrogens is 3. The van der Waals surface area contributed by atoms with Crippen LogP contribution in [0.3, 0.4) is 0 Å². The first-order chi connectivity index (χ1) is 14.9. The minimum Gasteiger partial charge on any atom is -0.495 e. The van der Waals surface area contributed by atoms with Gasteiger partial charge in [0.15, 0.2) is 5.16 Å². The summed E-state index contributed by atoms with van der Waals surface area (Å²) in [4.78, 5) is 24.8. The predicted molar refractivity (Wildman–Crippen MR) is 122 cm³/mol. The van der Waals surface area contributed by atoms with Crippen LogP contribution in [0.4, 0.5) is 11.4 Å². The molecule has 1 aromatic heterocycles. The zero-order valence-electron chi connectivity index (χ0n) is 17.9. The maximum absolute atomic E-state index is 12.4. The summed E-state index contributed by atoms with van der Waals surface area (Å²) >= 11 is 1.27. The molecule has 0 radical (unpaired) electrons. The fourth-order valence-electron chi connectivity index (χ4n) is 2.90. The molecule has 0 spiro atoms. The maximum atomic E-state index is 12.4. The zero-order valence-corrected chi connectivity index (χ0v) is 18.7. The number of methoxy groups -OCH3 is 1. The number of benzene rings is 2. The molecular formula is C22H25N5O3S. The van der Waals surface area contributed by atoms with Crippen molar-refractivity contribution in [3.8, 4) is 5.75 Å². The number of thioether (sulfide) groups is 1. The number of carbonyl (C=O) groups excluding carboxylic acids is 2. The van der Waals surface area contributed by atoms with Gasteiger partial charge in [0.05, 0.1) is 25.0 Å². The zero-order chi connectivity index (χ0) is 22.4. The van der Waals surface area contributed by atoms with Gasteiger partial charge in [-0.2, -0.15) is 0 Å². The number of ether oxygens (including phenoxy) is 1. The highest BCUT2D eigenvalue weighted by molar-refractivity contribution is 7.99. The first kappa shape index (κ1) is 22.4. The van der Waals surface area contributed by atoms with Crippen LogP contribution >= 0.6 is 11.8 Å². The van der Waals surface area contributed by atoms with Crippen molar-refractivity contribution in [3.05, 3.63) is 59.4 Å². The second-order valence-electron chi connectivity index (χ2n) is 7.04. The van der Waals surface area contributed by atoms with E-state index in [4.69, 9.17) is 4.74 Å². The number of carbonyl (C=O) groups is 2. The van der Waals surface area contributed by atoms with Gasteiger partial charge < -0.3 is 19.9 Å². The minimum absolute atomic E-state index is 0.0524. The van der Waals surface area contributed by atoms with Crippen molar-refractivity contribution in [1.29, 1.82) is 0 Å². The minimum atomic E-state index is -0.232. The van der Waals surface area contributed by atoms with Crippen molar-refractivity contribution in [2.24, 2.45) is 7.05 Å². The molecule has 0 aliphatic carbocycles. The summed E-state index contributed by atoms with van der Waals surface area (Å²) < 4.78 is 6.97. The molecule has 2 aromatic carbocycles. The molecule has 0 bridgehead atoms. The van der Waals surface area contributed by atoms with Crippen LogP contribution in [-0.2, 0) is 23.1 Å². The molecule has 1 heterocycles. The highest BCUT2D eigenvalue weighted by Crippen LogP contribution is 2.23. The van der Waals surface area contributed by atoms with Gasteiger partial charge in [-0.3, -0.25) is 9.59 Å². The molecule has 8 nitrogen and oxygen atoms in total.